The monoisotopic (exact) mass is 623 g/mol. The number of anilines is 1. The van der Waals surface area contributed by atoms with Gasteiger partial charge in [-0.2, -0.15) is 8.42 Å². The summed E-state index contributed by atoms with van der Waals surface area (Å²) in [5.41, 5.74) is 4.39. The van der Waals surface area contributed by atoms with Crippen LogP contribution in [0.2, 0.25) is 0 Å². The van der Waals surface area contributed by atoms with Crippen LogP contribution in [0.4, 0.5) is 9.93 Å². The van der Waals surface area contributed by atoms with Gasteiger partial charge in [-0.3, -0.25) is 33.9 Å². The van der Waals surface area contributed by atoms with E-state index < -0.39 is 86.6 Å². The number of β-lactam (4-membered cyclic amide) rings is 1. The molecular weight excluding hydrogens is 602 g/mol. The number of carbonyl (C=O) groups excluding carboxylic acids is 4. The standard InChI is InChI=1S/C19H21N5O13S3/c1-6(25)36-2-7-4-38-15-10(14(27)24(15)11(7)17(30)31)22-13(26)12(40(33,34)35)9-5-39-18(21-9)23-19(32)37-3-8(20)16(28)29/h5,8,10,12,15H,2-4,20H2,1H3,(H,22,26)(H,28,29)(H,30,31)(H,21,23,32)(H,33,34,35)/t8-,10-,12?,15-/m1/s1. The molecule has 40 heavy (non-hydrogen) atoms. The summed E-state index contributed by atoms with van der Waals surface area (Å²) in [6.45, 7) is 0.0601. The van der Waals surface area contributed by atoms with Gasteiger partial charge in [-0.05, 0) is 0 Å². The molecule has 0 radical (unpaired) electrons. The number of nitrogens with two attached hydrogens (primary N) is 1. The van der Waals surface area contributed by atoms with Crippen LogP contribution in [0.1, 0.15) is 17.9 Å². The first-order chi connectivity index (χ1) is 18.6. The Bertz CT molecular complexity index is 1390. The maximum Gasteiger partial charge on any atom is 0.413 e. The molecule has 1 fully saturated rings. The molecule has 18 nitrogen and oxygen atoms in total. The molecule has 0 saturated carbocycles. The van der Waals surface area contributed by atoms with Crippen molar-refractivity contribution in [3.05, 3.63) is 22.3 Å². The van der Waals surface area contributed by atoms with E-state index in [1.165, 1.54) is 0 Å². The molecule has 0 aliphatic carbocycles. The number of aromatic nitrogens is 1. The highest BCUT2D eigenvalue weighted by atomic mass is 32.2. The number of ether oxygens (including phenoxy) is 2. The molecule has 3 rings (SSSR count). The molecule has 1 unspecified atom stereocenters. The van der Waals surface area contributed by atoms with Gasteiger partial charge in [-0.1, -0.05) is 0 Å². The van der Waals surface area contributed by atoms with E-state index in [0.29, 0.717) is 11.3 Å². The summed E-state index contributed by atoms with van der Waals surface area (Å²) in [6, 6.07) is -2.86. The second-order valence-electron chi connectivity index (χ2n) is 8.07. The van der Waals surface area contributed by atoms with Crippen molar-refractivity contribution in [3.63, 3.8) is 0 Å². The second-order valence-corrected chi connectivity index (χ2v) is 11.5. The Kier molecular flexibility index (Phi) is 9.35. The number of carbonyl (C=O) groups is 6. The van der Waals surface area contributed by atoms with Gasteiger partial charge in [0.1, 0.15) is 36.4 Å². The third kappa shape index (κ3) is 6.85. The molecule has 7 N–H and O–H groups in total. The average molecular weight is 624 g/mol. The molecule has 2 aliphatic rings. The normalized spacial score (nSPS) is 20.0. The predicted molar refractivity (Wildman–Crippen MR) is 133 cm³/mol. The fourth-order valence-corrected chi connectivity index (χ4v) is 6.36. The van der Waals surface area contributed by atoms with Crippen LogP contribution >= 0.6 is 23.1 Å². The number of fused-ring (bicyclic) bond motifs is 1. The van der Waals surface area contributed by atoms with Crippen LogP contribution in [0.25, 0.3) is 0 Å². The van der Waals surface area contributed by atoms with Crippen molar-refractivity contribution in [3.8, 4) is 0 Å². The number of nitrogens with zero attached hydrogens (tertiary/aromatic N) is 2. The number of thioether (sulfide) groups is 1. The summed E-state index contributed by atoms with van der Waals surface area (Å²) in [5, 5.41) is 20.0. The van der Waals surface area contributed by atoms with E-state index in [9.17, 15) is 46.8 Å². The summed E-state index contributed by atoms with van der Waals surface area (Å²) >= 11 is 1.66. The van der Waals surface area contributed by atoms with Gasteiger partial charge in [0.05, 0.1) is 5.69 Å². The highest BCUT2D eigenvalue weighted by Gasteiger charge is 2.55. The van der Waals surface area contributed by atoms with E-state index in [1.807, 2.05) is 0 Å². The Balaban J connectivity index is 1.72. The van der Waals surface area contributed by atoms with Gasteiger partial charge in [0.25, 0.3) is 16.0 Å². The Morgan fingerprint density at radius 1 is 1.25 bits per heavy atom. The molecule has 0 bridgehead atoms. The molecule has 2 aliphatic heterocycles. The number of rotatable bonds is 11. The molecule has 4 atom stereocenters. The second kappa shape index (κ2) is 12.2. The molecule has 3 heterocycles. The quantitative estimate of drug-likeness (QED) is 0.0913. The molecule has 21 heteroatoms. The fraction of sp³-hybridized carbons (Fsp3) is 0.421. The maximum atomic E-state index is 12.9. The van der Waals surface area contributed by atoms with Crippen LogP contribution < -0.4 is 16.4 Å². The number of hydrogen-bond donors (Lipinski definition) is 6. The summed E-state index contributed by atoms with van der Waals surface area (Å²) in [4.78, 5) is 75.7. The summed E-state index contributed by atoms with van der Waals surface area (Å²) < 4.78 is 43.3. The lowest BCUT2D eigenvalue weighted by molar-refractivity contribution is -0.151. The van der Waals surface area contributed by atoms with Crippen LogP contribution in [0.5, 0.6) is 0 Å². The lowest BCUT2D eigenvalue weighted by Gasteiger charge is -2.49. The first-order valence-electron chi connectivity index (χ1n) is 10.8. The lowest BCUT2D eigenvalue weighted by Crippen LogP contribution is -2.71. The van der Waals surface area contributed by atoms with Crippen molar-refractivity contribution in [1.29, 1.82) is 0 Å². The zero-order valence-corrected chi connectivity index (χ0v) is 22.6. The third-order valence-electron chi connectivity index (χ3n) is 5.24. The van der Waals surface area contributed by atoms with E-state index in [4.69, 9.17) is 15.6 Å². The Labute approximate surface area is 232 Å². The number of nitrogens with one attached hydrogen (secondary N) is 2. The van der Waals surface area contributed by atoms with Crippen molar-refractivity contribution < 1.29 is 61.4 Å². The zero-order valence-electron chi connectivity index (χ0n) is 20.1. The Morgan fingerprint density at radius 2 is 1.93 bits per heavy atom. The maximum absolute atomic E-state index is 12.9. The van der Waals surface area contributed by atoms with Crippen LogP contribution in [0, 0.1) is 0 Å². The number of carboxylic acid groups (broad SMARTS) is 2. The van der Waals surface area contributed by atoms with E-state index in [0.717, 1.165) is 29.0 Å². The van der Waals surface area contributed by atoms with Crippen LogP contribution in [0.3, 0.4) is 0 Å². The lowest BCUT2D eigenvalue weighted by atomic mass is 10.0. The zero-order chi connectivity index (χ0) is 29.9. The highest BCUT2D eigenvalue weighted by Crippen LogP contribution is 2.41. The van der Waals surface area contributed by atoms with Crippen molar-refractivity contribution in [2.45, 2.75) is 29.6 Å². The molecule has 0 spiro atoms. The van der Waals surface area contributed by atoms with Gasteiger partial charge < -0.3 is 30.7 Å². The summed E-state index contributed by atoms with van der Waals surface area (Å²) in [6.07, 6.45) is -1.18. The van der Waals surface area contributed by atoms with E-state index >= 15 is 0 Å². The van der Waals surface area contributed by atoms with Crippen LogP contribution in [0.15, 0.2) is 16.7 Å². The number of hydrogen-bond acceptors (Lipinski definition) is 14. The average Bonchev–Trinajstić information content (AvgIpc) is 3.29. The molecular formula is C19H21N5O13S3. The van der Waals surface area contributed by atoms with Crippen molar-refractivity contribution in [1.82, 2.24) is 15.2 Å². The predicted octanol–water partition coefficient (Wildman–Crippen LogP) is -1.67. The highest BCUT2D eigenvalue weighted by molar-refractivity contribution is 8.00. The fourth-order valence-electron chi connectivity index (χ4n) is 3.46. The molecule has 3 amide bonds. The number of aliphatic carboxylic acids is 2. The molecule has 1 aromatic rings. The van der Waals surface area contributed by atoms with E-state index in [2.05, 4.69) is 20.4 Å². The van der Waals surface area contributed by atoms with Gasteiger partial charge in [0.2, 0.25) is 11.2 Å². The van der Waals surface area contributed by atoms with E-state index in [1.54, 1.807) is 0 Å². The van der Waals surface area contributed by atoms with Gasteiger partial charge in [0.15, 0.2) is 5.13 Å². The molecule has 1 aromatic heterocycles. The van der Waals surface area contributed by atoms with Gasteiger partial charge >= 0.3 is 24.0 Å². The summed E-state index contributed by atoms with van der Waals surface area (Å²) in [5.74, 6) is -5.80. The number of carboxylic acids is 2. The molecule has 0 aromatic carbocycles. The number of esters is 1. The Hall–Kier alpha value is -3.79. The van der Waals surface area contributed by atoms with Crippen LogP contribution in [-0.4, -0.2) is 105 Å². The summed E-state index contributed by atoms with van der Waals surface area (Å²) in [7, 11) is -5.17. The minimum Gasteiger partial charge on any atom is -0.480 e. The van der Waals surface area contributed by atoms with E-state index in [-0.39, 0.29) is 23.1 Å². The van der Waals surface area contributed by atoms with Crippen molar-refractivity contribution >= 4 is 74.2 Å². The molecule has 1 saturated heterocycles. The first-order valence-corrected chi connectivity index (χ1v) is 14.2. The minimum atomic E-state index is -5.17. The minimum absolute atomic E-state index is 0.0199. The topological polar surface area (TPSA) is 282 Å². The number of amides is 3. The van der Waals surface area contributed by atoms with Gasteiger partial charge in [-0.15, -0.1) is 23.1 Å². The smallest absolute Gasteiger partial charge is 0.413 e. The van der Waals surface area contributed by atoms with Crippen molar-refractivity contribution in [2.75, 3.05) is 24.3 Å². The SMILES string of the molecule is CC(=O)OCC1=C(C(=O)O)N2C(=O)[C@@H](NC(=O)C(c3csc(NC(=O)OC[C@@H](N)C(=O)O)n3)S(=O)(=O)O)[C@H]2SC1. The largest absolute Gasteiger partial charge is 0.480 e. The van der Waals surface area contributed by atoms with Crippen LogP contribution in [-0.2, 0) is 43.6 Å². The first kappa shape index (κ1) is 30.7. The van der Waals surface area contributed by atoms with Crippen molar-refractivity contribution in [2.24, 2.45) is 5.73 Å². The number of thiazole rings is 1. The Morgan fingerprint density at radius 3 is 2.50 bits per heavy atom. The van der Waals surface area contributed by atoms with Gasteiger partial charge in [0, 0.05) is 23.6 Å². The molecule has 218 valence electrons. The van der Waals surface area contributed by atoms with Gasteiger partial charge in [-0.25, -0.2) is 14.6 Å². The third-order valence-corrected chi connectivity index (χ3v) is 8.41.